The van der Waals surface area contributed by atoms with Crippen LogP contribution in [0.15, 0.2) is 30.3 Å². The molecule has 20 heavy (non-hydrogen) atoms. The molecule has 0 unspecified atom stereocenters. The summed E-state index contributed by atoms with van der Waals surface area (Å²) in [7, 11) is 0. The normalized spacial score (nSPS) is 35.1. The number of fused-ring (bicyclic) bond motifs is 1. The van der Waals surface area contributed by atoms with Gasteiger partial charge in [-0.25, -0.2) is 0 Å². The molecule has 4 atom stereocenters. The first-order chi connectivity index (χ1) is 9.59. The van der Waals surface area contributed by atoms with Gasteiger partial charge >= 0.3 is 0 Å². The van der Waals surface area contributed by atoms with Crippen LogP contribution in [-0.4, -0.2) is 42.1 Å². The van der Waals surface area contributed by atoms with Gasteiger partial charge in [0.1, 0.15) is 18.3 Å². The van der Waals surface area contributed by atoms with Gasteiger partial charge < -0.3 is 24.1 Å². The van der Waals surface area contributed by atoms with Crippen LogP contribution in [0.4, 0.5) is 0 Å². The fraction of sp³-hybridized carbons (Fsp3) is 0.600. The Balaban J connectivity index is 1.65. The molecular formula is C15H20O5. The van der Waals surface area contributed by atoms with Gasteiger partial charge in [0, 0.05) is 0 Å². The minimum absolute atomic E-state index is 0.105. The number of rotatable bonds is 4. The van der Waals surface area contributed by atoms with E-state index >= 15 is 0 Å². The number of ether oxygens (including phenoxy) is 4. The van der Waals surface area contributed by atoms with Gasteiger partial charge in [0.05, 0.1) is 13.2 Å². The van der Waals surface area contributed by atoms with Gasteiger partial charge in [-0.3, -0.25) is 0 Å². The monoisotopic (exact) mass is 280 g/mol. The van der Waals surface area contributed by atoms with Crippen molar-refractivity contribution in [2.24, 2.45) is 0 Å². The molecule has 2 aliphatic heterocycles. The van der Waals surface area contributed by atoms with Gasteiger partial charge in [0.2, 0.25) is 0 Å². The maximum Gasteiger partial charge on any atom is 0.187 e. The molecule has 0 radical (unpaired) electrons. The first-order valence-electron chi connectivity index (χ1n) is 6.86. The summed E-state index contributed by atoms with van der Waals surface area (Å²) in [5.74, 6) is -0.666. The molecule has 1 N–H and O–H groups in total. The third kappa shape index (κ3) is 2.73. The quantitative estimate of drug-likeness (QED) is 0.904. The molecule has 5 heteroatoms. The van der Waals surface area contributed by atoms with Crippen LogP contribution in [0.25, 0.3) is 0 Å². The highest BCUT2D eigenvalue weighted by molar-refractivity contribution is 5.13. The van der Waals surface area contributed by atoms with Crippen molar-refractivity contribution >= 4 is 0 Å². The third-order valence-electron chi connectivity index (χ3n) is 3.54. The summed E-state index contributed by atoms with van der Waals surface area (Å²) >= 11 is 0. The van der Waals surface area contributed by atoms with Crippen molar-refractivity contribution in [3.63, 3.8) is 0 Å². The number of aliphatic hydroxyl groups is 1. The van der Waals surface area contributed by atoms with Crippen LogP contribution in [-0.2, 0) is 25.6 Å². The fourth-order valence-electron chi connectivity index (χ4n) is 2.68. The number of hydrogen-bond acceptors (Lipinski definition) is 5. The Bertz CT molecular complexity index is 447. The molecule has 0 spiro atoms. The second-order valence-corrected chi connectivity index (χ2v) is 5.59. The lowest BCUT2D eigenvalue weighted by Crippen LogP contribution is -2.32. The van der Waals surface area contributed by atoms with Gasteiger partial charge in [-0.1, -0.05) is 30.3 Å². The molecule has 0 aromatic heterocycles. The molecule has 2 aliphatic rings. The maximum atomic E-state index is 9.37. The standard InChI is InChI=1S/C15H20O5/c1-15(2)19-12-11(8-16)18-14(13(12)20-15)17-9-10-6-4-3-5-7-10/h3-7,11-14,16H,8-9H2,1-2H3/t11-,12+,13+,14-/m0/s1. The molecule has 2 heterocycles. The zero-order chi connectivity index (χ0) is 14.2. The first kappa shape index (κ1) is 14.0. The van der Waals surface area contributed by atoms with Crippen LogP contribution in [0.2, 0.25) is 0 Å². The smallest absolute Gasteiger partial charge is 0.187 e. The lowest BCUT2D eigenvalue weighted by molar-refractivity contribution is -0.239. The van der Waals surface area contributed by atoms with Crippen LogP contribution in [0.1, 0.15) is 19.4 Å². The molecule has 0 aliphatic carbocycles. The van der Waals surface area contributed by atoms with Gasteiger partial charge in [0.15, 0.2) is 12.1 Å². The lowest BCUT2D eigenvalue weighted by atomic mass is 10.1. The minimum Gasteiger partial charge on any atom is -0.394 e. The summed E-state index contributed by atoms with van der Waals surface area (Å²) < 4.78 is 23.1. The van der Waals surface area contributed by atoms with Crippen LogP contribution in [0, 0.1) is 0 Å². The second kappa shape index (κ2) is 5.42. The molecule has 0 amide bonds. The summed E-state index contributed by atoms with van der Waals surface area (Å²) in [6, 6.07) is 9.87. The third-order valence-corrected chi connectivity index (χ3v) is 3.54. The molecule has 2 fully saturated rings. The van der Waals surface area contributed by atoms with E-state index in [2.05, 4.69) is 0 Å². The molecule has 110 valence electrons. The Hall–Kier alpha value is -0.980. The molecule has 1 aromatic rings. The van der Waals surface area contributed by atoms with Gasteiger partial charge in [0.25, 0.3) is 0 Å². The summed E-state index contributed by atoms with van der Waals surface area (Å²) in [4.78, 5) is 0. The van der Waals surface area contributed by atoms with Crippen LogP contribution >= 0.6 is 0 Å². The highest BCUT2D eigenvalue weighted by atomic mass is 16.8. The molecule has 3 rings (SSSR count). The Kier molecular flexibility index (Phi) is 3.79. The zero-order valence-electron chi connectivity index (χ0n) is 11.7. The molecule has 1 aromatic carbocycles. The lowest BCUT2D eigenvalue weighted by Gasteiger charge is -2.23. The number of aliphatic hydroxyl groups excluding tert-OH is 1. The van der Waals surface area contributed by atoms with E-state index in [-0.39, 0.29) is 18.8 Å². The fourth-order valence-corrected chi connectivity index (χ4v) is 2.68. The Morgan fingerprint density at radius 2 is 1.85 bits per heavy atom. The van der Waals surface area contributed by atoms with E-state index < -0.39 is 18.2 Å². The number of hydrogen-bond donors (Lipinski definition) is 1. The van der Waals surface area contributed by atoms with E-state index in [1.807, 2.05) is 44.2 Å². The molecule has 0 saturated carbocycles. The van der Waals surface area contributed by atoms with E-state index in [9.17, 15) is 5.11 Å². The topological polar surface area (TPSA) is 57.2 Å². The van der Waals surface area contributed by atoms with E-state index in [4.69, 9.17) is 18.9 Å². The van der Waals surface area contributed by atoms with Crippen molar-refractivity contribution in [3.8, 4) is 0 Å². The van der Waals surface area contributed by atoms with E-state index in [0.29, 0.717) is 6.61 Å². The summed E-state index contributed by atoms with van der Waals surface area (Å²) in [6.45, 7) is 4.05. The van der Waals surface area contributed by atoms with Crippen LogP contribution in [0.5, 0.6) is 0 Å². The molecule has 2 saturated heterocycles. The summed E-state index contributed by atoms with van der Waals surface area (Å²) in [5.41, 5.74) is 1.07. The summed E-state index contributed by atoms with van der Waals surface area (Å²) in [5, 5.41) is 9.37. The van der Waals surface area contributed by atoms with Crippen LogP contribution < -0.4 is 0 Å². The largest absolute Gasteiger partial charge is 0.394 e. The Labute approximate surface area is 118 Å². The van der Waals surface area contributed by atoms with Crippen LogP contribution in [0.3, 0.4) is 0 Å². The number of benzene rings is 1. The van der Waals surface area contributed by atoms with Crippen molar-refractivity contribution in [1.29, 1.82) is 0 Å². The van der Waals surface area contributed by atoms with E-state index in [1.165, 1.54) is 0 Å². The zero-order valence-corrected chi connectivity index (χ0v) is 11.7. The van der Waals surface area contributed by atoms with Gasteiger partial charge in [-0.05, 0) is 19.4 Å². The predicted octanol–water partition coefficient (Wildman–Crippen LogP) is 1.44. The maximum absolute atomic E-state index is 9.37. The highest BCUT2D eigenvalue weighted by Gasteiger charge is 2.55. The van der Waals surface area contributed by atoms with Crippen molar-refractivity contribution < 1.29 is 24.1 Å². The van der Waals surface area contributed by atoms with Crippen molar-refractivity contribution in [3.05, 3.63) is 35.9 Å². The molecule has 0 bridgehead atoms. The second-order valence-electron chi connectivity index (χ2n) is 5.59. The summed E-state index contributed by atoms with van der Waals surface area (Å²) in [6.07, 6.45) is -1.50. The van der Waals surface area contributed by atoms with E-state index in [0.717, 1.165) is 5.56 Å². The van der Waals surface area contributed by atoms with Crippen molar-refractivity contribution in [1.82, 2.24) is 0 Å². The predicted molar refractivity (Wildman–Crippen MR) is 70.8 cm³/mol. The van der Waals surface area contributed by atoms with Crippen molar-refractivity contribution in [2.75, 3.05) is 6.61 Å². The van der Waals surface area contributed by atoms with Gasteiger partial charge in [-0.15, -0.1) is 0 Å². The average molecular weight is 280 g/mol. The minimum atomic E-state index is -0.666. The van der Waals surface area contributed by atoms with Gasteiger partial charge in [-0.2, -0.15) is 0 Å². The SMILES string of the molecule is CC1(C)O[C@H]2[C@@H](OCc3ccccc3)O[C@@H](CO)[C@H]2O1. The van der Waals surface area contributed by atoms with E-state index in [1.54, 1.807) is 0 Å². The molecule has 5 nitrogen and oxygen atoms in total. The Morgan fingerprint density at radius 1 is 1.15 bits per heavy atom. The molecular weight excluding hydrogens is 260 g/mol. The average Bonchev–Trinajstić information content (AvgIpc) is 2.91. The van der Waals surface area contributed by atoms with Crippen molar-refractivity contribution in [2.45, 2.75) is 50.8 Å². The highest BCUT2D eigenvalue weighted by Crippen LogP contribution is 2.39. The Morgan fingerprint density at radius 3 is 2.55 bits per heavy atom. The first-order valence-corrected chi connectivity index (χ1v) is 6.86.